The van der Waals surface area contributed by atoms with Crippen LogP contribution in [0.1, 0.15) is 33.3 Å². The molecule has 1 aromatic rings. The van der Waals surface area contributed by atoms with Gasteiger partial charge >= 0.3 is 5.97 Å². The van der Waals surface area contributed by atoms with E-state index >= 15 is 0 Å². The van der Waals surface area contributed by atoms with E-state index in [1.807, 2.05) is 58.0 Å². The molecule has 128 valence electrons. The lowest BCUT2D eigenvalue weighted by atomic mass is 9.81. The van der Waals surface area contributed by atoms with E-state index in [0.29, 0.717) is 13.2 Å². The molecule has 1 aromatic carbocycles. The first kappa shape index (κ1) is 17.9. The third-order valence-electron chi connectivity index (χ3n) is 4.26. The third kappa shape index (κ3) is 4.31. The lowest BCUT2D eigenvalue weighted by Gasteiger charge is -2.36. The van der Waals surface area contributed by atoms with Gasteiger partial charge in [0, 0.05) is 6.54 Å². The molecule has 1 fully saturated rings. The van der Waals surface area contributed by atoms with E-state index in [4.69, 9.17) is 14.2 Å². The standard InChI is InChI=1S/C18H27NO4/c1-17(2,16(20)21-5)15(14-12-22-18(3,4)23-14)19-11-13-9-7-6-8-10-13/h6-10,14-15,19H,11-12H2,1-5H3. The minimum Gasteiger partial charge on any atom is -0.469 e. The van der Waals surface area contributed by atoms with Gasteiger partial charge < -0.3 is 19.5 Å². The van der Waals surface area contributed by atoms with Crippen LogP contribution in [0.3, 0.4) is 0 Å². The molecule has 0 spiro atoms. The summed E-state index contributed by atoms with van der Waals surface area (Å²) in [4.78, 5) is 12.2. The quantitative estimate of drug-likeness (QED) is 0.816. The molecule has 0 saturated carbocycles. The Hall–Kier alpha value is -1.43. The molecule has 1 aliphatic heterocycles. The van der Waals surface area contributed by atoms with Gasteiger partial charge in [0.25, 0.3) is 0 Å². The van der Waals surface area contributed by atoms with Gasteiger partial charge in [0.2, 0.25) is 0 Å². The Labute approximate surface area is 138 Å². The Morgan fingerprint density at radius 3 is 2.57 bits per heavy atom. The second-order valence-corrected chi connectivity index (χ2v) is 6.92. The maximum absolute atomic E-state index is 12.2. The molecule has 0 bridgehead atoms. The van der Waals surface area contributed by atoms with Gasteiger partial charge in [-0.15, -0.1) is 0 Å². The Kier molecular flexibility index (Phi) is 5.45. The summed E-state index contributed by atoms with van der Waals surface area (Å²) >= 11 is 0. The van der Waals surface area contributed by atoms with Crippen LogP contribution in [0.4, 0.5) is 0 Å². The van der Waals surface area contributed by atoms with Crippen molar-refractivity contribution in [2.45, 2.75) is 52.2 Å². The fourth-order valence-corrected chi connectivity index (χ4v) is 2.94. The molecular formula is C18H27NO4. The van der Waals surface area contributed by atoms with E-state index < -0.39 is 11.2 Å². The summed E-state index contributed by atoms with van der Waals surface area (Å²) in [6.45, 7) is 8.59. The Morgan fingerprint density at radius 1 is 1.39 bits per heavy atom. The maximum atomic E-state index is 12.2. The molecule has 5 nitrogen and oxygen atoms in total. The number of carbonyl (C=O) groups excluding carboxylic acids is 1. The predicted molar refractivity (Wildman–Crippen MR) is 87.8 cm³/mol. The number of nitrogens with one attached hydrogen (secondary N) is 1. The van der Waals surface area contributed by atoms with Crippen LogP contribution >= 0.6 is 0 Å². The monoisotopic (exact) mass is 321 g/mol. The van der Waals surface area contributed by atoms with Crippen molar-refractivity contribution in [2.24, 2.45) is 5.41 Å². The Balaban J connectivity index is 2.16. The highest BCUT2D eigenvalue weighted by Crippen LogP contribution is 2.33. The topological polar surface area (TPSA) is 56.8 Å². The lowest BCUT2D eigenvalue weighted by molar-refractivity contribution is -0.162. The highest BCUT2D eigenvalue weighted by Gasteiger charge is 2.47. The van der Waals surface area contributed by atoms with Crippen molar-refractivity contribution in [3.8, 4) is 0 Å². The van der Waals surface area contributed by atoms with Crippen LogP contribution in [0, 0.1) is 5.41 Å². The fourth-order valence-electron chi connectivity index (χ4n) is 2.94. The summed E-state index contributed by atoms with van der Waals surface area (Å²) in [6, 6.07) is 9.84. The number of ether oxygens (including phenoxy) is 3. The molecule has 2 rings (SSSR count). The second-order valence-electron chi connectivity index (χ2n) is 6.92. The van der Waals surface area contributed by atoms with Crippen LogP contribution in [-0.4, -0.2) is 37.6 Å². The maximum Gasteiger partial charge on any atom is 0.312 e. The van der Waals surface area contributed by atoms with Gasteiger partial charge in [-0.25, -0.2) is 0 Å². The average molecular weight is 321 g/mol. The molecule has 1 heterocycles. The molecule has 0 radical (unpaired) electrons. The number of carbonyl (C=O) groups is 1. The van der Waals surface area contributed by atoms with E-state index in [-0.39, 0.29) is 18.1 Å². The first-order valence-electron chi connectivity index (χ1n) is 7.94. The van der Waals surface area contributed by atoms with E-state index in [0.717, 1.165) is 5.56 Å². The zero-order chi connectivity index (χ0) is 17.1. The van der Waals surface area contributed by atoms with Crippen molar-refractivity contribution in [1.82, 2.24) is 5.32 Å². The van der Waals surface area contributed by atoms with Crippen molar-refractivity contribution in [1.29, 1.82) is 0 Å². The molecular weight excluding hydrogens is 294 g/mol. The van der Waals surface area contributed by atoms with Gasteiger partial charge in [0.15, 0.2) is 5.79 Å². The molecule has 1 aliphatic rings. The summed E-state index contributed by atoms with van der Waals surface area (Å²) < 4.78 is 16.7. The van der Waals surface area contributed by atoms with Crippen LogP contribution in [0.15, 0.2) is 30.3 Å². The third-order valence-corrected chi connectivity index (χ3v) is 4.26. The van der Waals surface area contributed by atoms with E-state index in [9.17, 15) is 4.79 Å². The second kappa shape index (κ2) is 6.99. The smallest absolute Gasteiger partial charge is 0.312 e. The summed E-state index contributed by atoms with van der Waals surface area (Å²) in [7, 11) is 1.41. The van der Waals surface area contributed by atoms with Crippen molar-refractivity contribution in [2.75, 3.05) is 13.7 Å². The van der Waals surface area contributed by atoms with Crippen molar-refractivity contribution in [3.05, 3.63) is 35.9 Å². The molecule has 2 unspecified atom stereocenters. The number of hydrogen-bond donors (Lipinski definition) is 1. The van der Waals surface area contributed by atoms with Crippen LogP contribution in [0.25, 0.3) is 0 Å². The normalized spacial score (nSPS) is 21.9. The molecule has 1 N–H and O–H groups in total. The zero-order valence-corrected chi connectivity index (χ0v) is 14.6. The highest BCUT2D eigenvalue weighted by molar-refractivity contribution is 5.76. The van der Waals surface area contributed by atoms with Crippen LogP contribution < -0.4 is 5.32 Å². The number of hydrogen-bond acceptors (Lipinski definition) is 5. The number of benzene rings is 1. The number of rotatable bonds is 6. The molecule has 2 atom stereocenters. The lowest BCUT2D eigenvalue weighted by Crippen LogP contribution is -2.54. The van der Waals surface area contributed by atoms with E-state index in [1.165, 1.54) is 7.11 Å². The first-order chi connectivity index (χ1) is 10.8. The molecule has 0 aromatic heterocycles. The number of methoxy groups -OCH3 is 1. The minimum absolute atomic E-state index is 0.220. The molecule has 1 saturated heterocycles. The Bertz CT molecular complexity index is 527. The molecule has 23 heavy (non-hydrogen) atoms. The molecule has 0 aliphatic carbocycles. The van der Waals surface area contributed by atoms with Gasteiger partial charge in [-0.05, 0) is 33.3 Å². The van der Waals surface area contributed by atoms with E-state index in [2.05, 4.69) is 5.32 Å². The molecule has 0 amide bonds. The van der Waals surface area contributed by atoms with Crippen LogP contribution in [0.5, 0.6) is 0 Å². The number of esters is 1. The summed E-state index contributed by atoms with van der Waals surface area (Å²) in [6.07, 6.45) is -0.220. The SMILES string of the molecule is COC(=O)C(C)(C)C(NCc1ccccc1)C1COC(C)(C)O1. The molecule has 5 heteroatoms. The fraction of sp³-hybridized carbons (Fsp3) is 0.611. The summed E-state index contributed by atoms with van der Waals surface area (Å²) in [5, 5.41) is 3.47. The van der Waals surface area contributed by atoms with Gasteiger partial charge in [-0.1, -0.05) is 30.3 Å². The van der Waals surface area contributed by atoms with Gasteiger partial charge in [-0.2, -0.15) is 0 Å². The van der Waals surface area contributed by atoms with Gasteiger partial charge in [0.05, 0.1) is 25.2 Å². The first-order valence-corrected chi connectivity index (χ1v) is 7.94. The zero-order valence-electron chi connectivity index (χ0n) is 14.6. The Morgan fingerprint density at radius 2 is 2.04 bits per heavy atom. The average Bonchev–Trinajstić information content (AvgIpc) is 2.87. The largest absolute Gasteiger partial charge is 0.469 e. The predicted octanol–water partition coefficient (Wildman–Crippen LogP) is 2.50. The van der Waals surface area contributed by atoms with Crippen LogP contribution in [0.2, 0.25) is 0 Å². The van der Waals surface area contributed by atoms with Gasteiger partial charge in [0.1, 0.15) is 6.10 Å². The van der Waals surface area contributed by atoms with Gasteiger partial charge in [-0.3, -0.25) is 4.79 Å². The van der Waals surface area contributed by atoms with E-state index in [1.54, 1.807) is 0 Å². The minimum atomic E-state index is -0.738. The van der Waals surface area contributed by atoms with Crippen LogP contribution in [-0.2, 0) is 25.5 Å². The van der Waals surface area contributed by atoms with Crippen molar-refractivity contribution >= 4 is 5.97 Å². The summed E-state index contributed by atoms with van der Waals surface area (Å²) in [5.41, 5.74) is 0.411. The summed E-state index contributed by atoms with van der Waals surface area (Å²) in [5.74, 6) is -0.903. The van der Waals surface area contributed by atoms with Crippen molar-refractivity contribution < 1.29 is 19.0 Å². The van der Waals surface area contributed by atoms with Crippen molar-refractivity contribution in [3.63, 3.8) is 0 Å². The highest BCUT2D eigenvalue weighted by atomic mass is 16.7.